The van der Waals surface area contributed by atoms with Gasteiger partial charge in [0.05, 0.1) is 17.8 Å². The van der Waals surface area contributed by atoms with E-state index in [1.165, 1.54) is 18.3 Å². The van der Waals surface area contributed by atoms with Crippen molar-refractivity contribution in [2.24, 2.45) is 0 Å². The second kappa shape index (κ2) is 5.07. The van der Waals surface area contributed by atoms with Crippen LogP contribution >= 0.6 is 0 Å². The maximum atomic E-state index is 11.7. The molecule has 0 bridgehead atoms. The molecule has 2 aromatic heterocycles. The maximum absolute atomic E-state index is 11.7. The zero-order chi connectivity index (χ0) is 12.1. The average molecular weight is 229 g/mol. The van der Waals surface area contributed by atoms with Crippen LogP contribution in [0.2, 0.25) is 0 Å². The van der Waals surface area contributed by atoms with E-state index in [4.69, 9.17) is 5.11 Å². The van der Waals surface area contributed by atoms with Crippen LogP contribution < -0.4 is 5.32 Å². The minimum Gasteiger partial charge on any atom is -0.493 e. The third-order valence-corrected chi connectivity index (χ3v) is 2.17. The fourth-order valence-corrected chi connectivity index (χ4v) is 1.30. The van der Waals surface area contributed by atoms with Crippen LogP contribution in [0.3, 0.4) is 0 Å². The Morgan fingerprint density at radius 2 is 2.12 bits per heavy atom. The van der Waals surface area contributed by atoms with Crippen molar-refractivity contribution in [1.29, 1.82) is 0 Å². The molecule has 2 heterocycles. The van der Waals surface area contributed by atoms with Crippen LogP contribution in [0, 0.1) is 0 Å². The highest BCUT2D eigenvalue weighted by atomic mass is 16.3. The van der Waals surface area contributed by atoms with Crippen LogP contribution in [0.15, 0.2) is 42.7 Å². The summed E-state index contributed by atoms with van der Waals surface area (Å²) in [6.07, 6.45) is 2.99. The molecular formula is C12H11N3O2. The molecule has 0 fully saturated rings. The number of amides is 1. The predicted octanol–water partition coefficient (Wildman–Crippen LogP) is 1.11. The number of rotatable bonds is 3. The minimum absolute atomic E-state index is 0.105. The van der Waals surface area contributed by atoms with Crippen LogP contribution in [0.4, 0.5) is 0 Å². The lowest BCUT2D eigenvalue weighted by atomic mass is 10.2. The van der Waals surface area contributed by atoms with E-state index in [1.54, 1.807) is 6.20 Å². The molecule has 0 aliphatic carbocycles. The van der Waals surface area contributed by atoms with E-state index in [-0.39, 0.29) is 11.8 Å². The van der Waals surface area contributed by atoms with Gasteiger partial charge in [-0.1, -0.05) is 6.07 Å². The van der Waals surface area contributed by atoms with Crippen LogP contribution in [0.5, 0.6) is 5.88 Å². The first-order chi connectivity index (χ1) is 8.25. The van der Waals surface area contributed by atoms with Crippen molar-refractivity contribution in [3.05, 3.63) is 54.0 Å². The third-order valence-electron chi connectivity index (χ3n) is 2.17. The first-order valence-electron chi connectivity index (χ1n) is 5.09. The number of pyridine rings is 2. The fraction of sp³-hybridized carbons (Fsp3) is 0.0833. The summed E-state index contributed by atoms with van der Waals surface area (Å²) in [5.74, 6) is -0.352. The molecule has 0 radical (unpaired) electrons. The molecule has 0 atom stereocenters. The number of nitrogens with zero attached hydrogens (tertiary/aromatic N) is 2. The Morgan fingerprint density at radius 1 is 1.24 bits per heavy atom. The summed E-state index contributed by atoms with van der Waals surface area (Å²) in [4.78, 5) is 19.4. The monoisotopic (exact) mass is 229 g/mol. The van der Waals surface area contributed by atoms with E-state index in [2.05, 4.69) is 15.3 Å². The van der Waals surface area contributed by atoms with E-state index < -0.39 is 0 Å². The molecule has 0 aromatic carbocycles. The topological polar surface area (TPSA) is 75.1 Å². The average Bonchev–Trinajstić information content (AvgIpc) is 2.38. The number of nitrogens with one attached hydrogen (secondary N) is 1. The molecule has 86 valence electrons. The summed E-state index contributed by atoms with van der Waals surface area (Å²) >= 11 is 0. The molecule has 0 aliphatic rings. The molecule has 2 aromatic rings. The van der Waals surface area contributed by atoms with Gasteiger partial charge in [-0.3, -0.25) is 9.78 Å². The van der Waals surface area contributed by atoms with Gasteiger partial charge >= 0.3 is 0 Å². The van der Waals surface area contributed by atoms with Crippen LogP contribution in [-0.2, 0) is 6.54 Å². The summed E-state index contributed by atoms with van der Waals surface area (Å²) in [5.41, 5.74) is 1.19. The Labute approximate surface area is 98.2 Å². The molecule has 0 aliphatic heterocycles. The van der Waals surface area contributed by atoms with Gasteiger partial charge < -0.3 is 10.4 Å². The number of aromatic hydroxyl groups is 1. The number of hydrogen-bond acceptors (Lipinski definition) is 4. The molecule has 0 unspecified atom stereocenters. The molecule has 5 nitrogen and oxygen atoms in total. The van der Waals surface area contributed by atoms with E-state index in [0.29, 0.717) is 12.1 Å². The van der Waals surface area contributed by atoms with Crippen molar-refractivity contribution in [2.75, 3.05) is 0 Å². The van der Waals surface area contributed by atoms with Crippen molar-refractivity contribution in [1.82, 2.24) is 15.3 Å². The molecule has 17 heavy (non-hydrogen) atoms. The summed E-state index contributed by atoms with van der Waals surface area (Å²) < 4.78 is 0. The van der Waals surface area contributed by atoms with Gasteiger partial charge in [0.2, 0.25) is 5.88 Å². The second-order valence-corrected chi connectivity index (χ2v) is 3.41. The summed E-state index contributed by atoms with van der Waals surface area (Å²) in [7, 11) is 0. The highest BCUT2D eigenvalue weighted by molar-refractivity contribution is 5.93. The lowest BCUT2D eigenvalue weighted by molar-refractivity contribution is 0.0950. The van der Waals surface area contributed by atoms with Gasteiger partial charge in [0, 0.05) is 18.5 Å². The standard InChI is InChI=1S/C12H11N3O2/c16-11-5-4-9(7-14-11)12(17)15-8-10-3-1-2-6-13-10/h1-7H,8H2,(H,14,16)(H,15,17). The van der Waals surface area contributed by atoms with Crippen molar-refractivity contribution in [3.8, 4) is 5.88 Å². The van der Waals surface area contributed by atoms with Gasteiger partial charge in [-0.15, -0.1) is 0 Å². The van der Waals surface area contributed by atoms with Crippen molar-refractivity contribution < 1.29 is 9.90 Å². The SMILES string of the molecule is O=C(NCc1ccccn1)c1ccc(O)nc1. The summed E-state index contributed by atoms with van der Waals surface area (Å²) in [5, 5.41) is 11.7. The first-order valence-corrected chi connectivity index (χ1v) is 5.09. The van der Waals surface area contributed by atoms with Crippen molar-refractivity contribution in [2.45, 2.75) is 6.54 Å². The molecule has 0 spiro atoms. The Bertz CT molecular complexity index is 497. The maximum Gasteiger partial charge on any atom is 0.253 e. The molecule has 0 saturated heterocycles. The molecule has 2 N–H and O–H groups in total. The van der Waals surface area contributed by atoms with Gasteiger partial charge in [-0.05, 0) is 18.2 Å². The molecule has 0 saturated carbocycles. The Hall–Kier alpha value is -2.43. The van der Waals surface area contributed by atoms with E-state index in [9.17, 15) is 4.79 Å². The Kier molecular flexibility index (Phi) is 3.30. The van der Waals surface area contributed by atoms with Crippen LogP contribution in [0.1, 0.15) is 16.1 Å². The smallest absolute Gasteiger partial charge is 0.253 e. The normalized spacial score (nSPS) is 9.88. The number of aromatic nitrogens is 2. The van der Waals surface area contributed by atoms with E-state index >= 15 is 0 Å². The number of hydrogen-bond donors (Lipinski definition) is 2. The zero-order valence-corrected chi connectivity index (χ0v) is 9.00. The minimum atomic E-state index is -0.247. The molecule has 2 rings (SSSR count). The summed E-state index contributed by atoms with van der Waals surface area (Å²) in [6, 6.07) is 8.38. The Balaban J connectivity index is 1.96. The van der Waals surface area contributed by atoms with Crippen molar-refractivity contribution >= 4 is 5.91 Å². The van der Waals surface area contributed by atoms with Crippen molar-refractivity contribution in [3.63, 3.8) is 0 Å². The zero-order valence-electron chi connectivity index (χ0n) is 9.00. The lowest BCUT2D eigenvalue weighted by Crippen LogP contribution is -2.23. The van der Waals surface area contributed by atoms with E-state index in [1.807, 2.05) is 18.2 Å². The third kappa shape index (κ3) is 3.01. The number of carbonyl (C=O) groups excluding carboxylic acids is 1. The quantitative estimate of drug-likeness (QED) is 0.826. The highest BCUT2D eigenvalue weighted by Crippen LogP contribution is 2.05. The highest BCUT2D eigenvalue weighted by Gasteiger charge is 2.05. The molecule has 5 heteroatoms. The summed E-state index contributed by atoms with van der Waals surface area (Å²) in [6.45, 7) is 0.362. The largest absolute Gasteiger partial charge is 0.493 e. The van der Waals surface area contributed by atoms with Crippen LogP contribution in [0.25, 0.3) is 0 Å². The predicted molar refractivity (Wildman–Crippen MR) is 61.3 cm³/mol. The first kappa shape index (κ1) is 11.1. The fourth-order valence-electron chi connectivity index (χ4n) is 1.30. The second-order valence-electron chi connectivity index (χ2n) is 3.41. The van der Waals surface area contributed by atoms with Gasteiger partial charge in [-0.2, -0.15) is 0 Å². The van der Waals surface area contributed by atoms with Gasteiger partial charge in [0.15, 0.2) is 0 Å². The van der Waals surface area contributed by atoms with Crippen LogP contribution in [-0.4, -0.2) is 21.0 Å². The lowest BCUT2D eigenvalue weighted by Gasteiger charge is -2.04. The van der Waals surface area contributed by atoms with E-state index in [0.717, 1.165) is 5.69 Å². The Morgan fingerprint density at radius 3 is 2.76 bits per heavy atom. The van der Waals surface area contributed by atoms with Gasteiger partial charge in [0.1, 0.15) is 0 Å². The number of carbonyl (C=O) groups is 1. The van der Waals surface area contributed by atoms with Gasteiger partial charge in [0.25, 0.3) is 5.91 Å². The molecular weight excluding hydrogens is 218 g/mol. The van der Waals surface area contributed by atoms with Gasteiger partial charge in [-0.25, -0.2) is 4.98 Å². The molecule has 1 amide bonds.